The number of hydrogen-bond acceptors (Lipinski definition) is 4. The minimum absolute atomic E-state index is 0.135. The molecule has 0 spiro atoms. The van der Waals surface area contributed by atoms with E-state index in [0.29, 0.717) is 18.5 Å². The number of hydrogen-bond donors (Lipinski definition) is 1. The van der Waals surface area contributed by atoms with Crippen molar-refractivity contribution in [3.63, 3.8) is 0 Å². The van der Waals surface area contributed by atoms with E-state index < -0.39 is 15.9 Å². The van der Waals surface area contributed by atoms with E-state index >= 15 is 0 Å². The Balaban J connectivity index is 1.84. The lowest BCUT2D eigenvalue weighted by atomic mass is 9.80. The highest BCUT2D eigenvalue weighted by molar-refractivity contribution is 7.92. The zero-order valence-corrected chi connectivity index (χ0v) is 22.5. The Bertz CT molecular complexity index is 1320. The normalized spacial score (nSPS) is 12.3. The first-order chi connectivity index (χ1) is 17.0. The van der Waals surface area contributed by atoms with Gasteiger partial charge in [-0.05, 0) is 61.4 Å². The summed E-state index contributed by atoms with van der Waals surface area (Å²) in [6, 6.07) is 24.0. The van der Waals surface area contributed by atoms with E-state index in [9.17, 15) is 13.2 Å². The molecule has 190 valence electrons. The predicted octanol–water partition coefficient (Wildman–Crippen LogP) is 5.61. The minimum atomic E-state index is -3.98. The van der Waals surface area contributed by atoms with Crippen molar-refractivity contribution in [1.29, 1.82) is 0 Å². The number of amides is 1. The molecule has 0 saturated heterocycles. The smallest absolute Gasteiger partial charge is 0.264 e. The molecule has 0 unspecified atom stereocenters. The molecule has 0 fully saturated rings. The van der Waals surface area contributed by atoms with Crippen molar-refractivity contribution in [2.24, 2.45) is 5.10 Å². The first-order valence-electron chi connectivity index (χ1n) is 12.1. The van der Waals surface area contributed by atoms with Gasteiger partial charge in [-0.2, -0.15) is 5.10 Å². The van der Waals surface area contributed by atoms with Crippen LogP contribution < -0.4 is 9.73 Å². The van der Waals surface area contributed by atoms with Crippen molar-refractivity contribution < 1.29 is 13.2 Å². The third kappa shape index (κ3) is 6.61. The van der Waals surface area contributed by atoms with Crippen LogP contribution in [-0.4, -0.2) is 26.6 Å². The molecule has 36 heavy (non-hydrogen) atoms. The molecule has 3 aromatic carbocycles. The lowest BCUT2D eigenvalue weighted by Gasteiger charge is -2.26. The van der Waals surface area contributed by atoms with Gasteiger partial charge in [-0.15, -0.1) is 0 Å². The number of anilines is 1. The van der Waals surface area contributed by atoms with Crippen LogP contribution in [0.15, 0.2) is 88.9 Å². The van der Waals surface area contributed by atoms with E-state index in [1.54, 1.807) is 36.4 Å². The van der Waals surface area contributed by atoms with Gasteiger partial charge in [0, 0.05) is 5.71 Å². The van der Waals surface area contributed by atoms with Crippen molar-refractivity contribution in [3.05, 3.63) is 95.6 Å². The zero-order chi connectivity index (χ0) is 26.3. The van der Waals surface area contributed by atoms with Crippen LogP contribution in [0.1, 0.15) is 50.8 Å². The largest absolute Gasteiger partial charge is 0.271 e. The number of carbonyl (C=O) groups excluding carboxylic acids is 1. The summed E-state index contributed by atoms with van der Waals surface area (Å²) < 4.78 is 28.5. The molecule has 0 aliphatic heterocycles. The topological polar surface area (TPSA) is 78.8 Å². The standard InChI is InChI=1S/C29H35N3O3S/c1-6-24-12-10-11-15-27(24)32(36(34,35)26-18-16-22(2)17-19-26)21-28(33)31-30-23(3)20-29(4,5)25-13-8-7-9-14-25/h7-19H,6,20-21H2,1-5H3,(H,31,33)/b30-23+. The number of hydrazone groups is 1. The zero-order valence-electron chi connectivity index (χ0n) is 21.7. The maximum absolute atomic E-state index is 13.6. The maximum atomic E-state index is 13.6. The fourth-order valence-electron chi connectivity index (χ4n) is 4.18. The van der Waals surface area contributed by atoms with Gasteiger partial charge in [0.05, 0.1) is 10.6 Å². The molecule has 0 bridgehead atoms. The molecule has 0 atom stereocenters. The van der Waals surface area contributed by atoms with E-state index in [-0.39, 0.29) is 16.9 Å². The Morgan fingerprint density at radius 1 is 0.944 bits per heavy atom. The first kappa shape index (κ1) is 27.1. The molecule has 0 radical (unpaired) electrons. The Hall–Kier alpha value is -3.45. The molecule has 0 heterocycles. The number of carbonyl (C=O) groups is 1. The fraction of sp³-hybridized carbons (Fsp3) is 0.310. The number of rotatable bonds is 10. The van der Waals surface area contributed by atoms with Crippen LogP contribution >= 0.6 is 0 Å². The lowest BCUT2D eigenvalue weighted by Crippen LogP contribution is -2.40. The van der Waals surface area contributed by atoms with Gasteiger partial charge in [-0.25, -0.2) is 13.8 Å². The number of sulfonamides is 1. The summed E-state index contributed by atoms with van der Waals surface area (Å²) in [5.41, 5.74) is 6.61. The molecular formula is C29H35N3O3S. The molecule has 1 amide bonds. The van der Waals surface area contributed by atoms with Crippen LogP contribution in [0.5, 0.6) is 0 Å². The van der Waals surface area contributed by atoms with Gasteiger partial charge in [0.2, 0.25) is 0 Å². The third-order valence-electron chi connectivity index (χ3n) is 6.16. The molecule has 0 aliphatic rings. The Morgan fingerprint density at radius 3 is 2.19 bits per heavy atom. The van der Waals surface area contributed by atoms with Gasteiger partial charge < -0.3 is 0 Å². The second-order valence-electron chi connectivity index (χ2n) is 9.62. The number of aryl methyl sites for hydroxylation is 2. The summed E-state index contributed by atoms with van der Waals surface area (Å²) in [6.45, 7) is 9.58. The average molecular weight is 506 g/mol. The SMILES string of the molecule is CCc1ccccc1N(CC(=O)N/N=C(\C)CC(C)(C)c1ccccc1)S(=O)(=O)c1ccc(C)cc1. The highest BCUT2D eigenvalue weighted by Crippen LogP contribution is 2.28. The number of nitrogens with zero attached hydrogens (tertiary/aromatic N) is 2. The molecular weight excluding hydrogens is 470 g/mol. The van der Waals surface area contributed by atoms with E-state index in [1.807, 2.05) is 51.1 Å². The van der Waals surface area contributed by atoms with E-state index in [0.717, 1.165) is 16.8 Å². The van der Waals surface area contributed by atoms with Crippen LogP contribution in [0.25, 0.3) is 0 Å². The Kier molecular flexibility index (Phi) is 8.69. The van der Waals surface area contributed by atoms with Crippen LogP contribution in [0.2, 0.25) is 0 Å². The highest BCUT2D eigenvalue weighted by atomic mass is 32.2. The first-order valence-corrected chi connectivity index (χ1v) is 13.5. The summed E-state index contributed by atoms with van der Waals surface area (Å²) in [5, 5.41) is 4.29. The molecule has 7 heteroatoms. The predicted molar refractivity (Wildman–Crippen MR) is 147 cm³/mol. The van der Waals surface area contributed by atoms with Gasteiger partial charge in [0.25, 0.3) is 15.9 Å². The maximum Gasteiger partial charge on any atom is 0.264 e. The molecule has 3 aromatic rings. The van der Waals surface area contributed by atoms with Crippen LogP contribution in [-0.2, 0) is 26.7 Å². The second-order valence-corrected chi connectivity index (χ2v) is 11.5. The van der Waals surface area contributed by atoms with Gasteiger partial charge in [-0.1, -0.05) is 87.0 Å². The van der Waals surface area contributed by atoms with Crippen LogP contribution in [0.4, 0.5) is 5.69 Å². The lowest BCUT2D eigenvalue weighted by molar-refractivity contribution is -0.119. The van der Waals surface area contributed by atoms with Gasteiger partial charge >= 0.3 is 0 Å². The molecule has 6 nitrogen and oxygen atoms in total. The summed E-state index contributed by atoms with van der Waals surface area (Å²) >= 11 is 0. The second kappa shape index (κ2) is 11.5. The summed E-state index contributed by atoms with van der Waals surface area (Å²) in [7, 11) is -3.98. The van der Waals surface area contributed by atoms with Crippen LogP contribution in [0.3, 0.4) is 0 Å². The summed E-state index contributed by atoms with van der Waals surface area (Å²) in [6.07, 6.45) is 1.27. The van der Waals surface area contributed by atoms with E-state index in [4.69, 9.17) is 0 Å². The molecule has 1 N–H and O–H groups in total. The van der Waals surface area contributed by atoms with Crippen LogP contribution in [0, 0.1) is 6.92 Å². The van der Waals surface area contributed by atoms with Crippen molar-refractivity contribution in [1.82, 2.24) is 5.43 Å². The summed E-state index contributed by atoms with van der Waals surface area (Å²) in [5.74, 6) is -0.506. The van der Waals surface area contributed by atoms with Crippen molar-refractivity contribution in [3.8, 4) is 0 Å². The molecule has 0 aromatic heterocycles. The van der Waals surface area contributed by atoms with Gasteiger partial charge in [-0.3, -0.25) is 9.10 Å². The molecule has 3 rings (SSSR count). The van der Waals surface area contributed by atoms with Gasteiger partial charge in [0.1, 0.15) is 6.54 Å². The number of benzene rings is 3. The third-order valence-corrected chi connectivity index (χ3v) is 7.94. The highest BCUT2D eigenvalue weighted by Gasteiger charge is 2.28. The van der Waals surface area contributed by atoms with Crippen molar-refractivity contribution in [2.75, 3.05) is 10.8 Å². The minimum Gasteiger partial charge on any atom is -0.271 e. The fourth-order valence-corrected chi connectivity index (χ4v) is 5.64. The molecule has 0 saturated carbocycles. The average Bonchev–Trinajstić information content (AvgIpc) is 2.86. The molecule has 0 aliphatic carbocycles. The van der Waals surface area contributed by atoms with E-state index in [2.05, 4.69) is 36.5 Å². The van der Waals surface area contributed by atoms with Gasteiger partial charge in [0.15, 0.2) is 0 Å². The number of nitrogens with one attached hydrogen (secondary N) is 1. The Morgan fingerprint density at radius 2 is 1.56 bits per heavy atom. The van der Waals surface area contributed by atoms with E-state index in [1.165, 1.54) is 9.87 Å². The van der Waals surface area contributed by atoms with Crippen molar-refractivity contribution in [2.45, 2.75) is 57.8 Å². The Labute approximate surface area is 215 Å². The summed E-state index contributed by atoms with van der Waals surface area (Å²) in [4.78, 5) is 13.1. The number of para-hydroxylation sites is 1. The van der Waals surface area contributed by atoms with Crippen molar-refractivity contribution >= 4 is 27.3 Å². The monoisotopic (exact) mass is 505 g/mol. The quantitative estimate of drug-likeness (QED) is 0.287.